The highest BCUT2D eigenvalue weighted by Crippen LogP contribution is 2.21. The number of carbonyl (C=O) groups is 1. The Morgan fingerprint density at radius 3 is 2.38 bits per heavy atom. The van der Waals surface area contributed by atoms with Crippen LogP contribution >= 0.6 is 23.2 Å². The van der Waals surface area contributed by atoms with Crippen molar-refractivity contribution in [2.45, 2.75) is 12.8 Å². The number of aryl methyl sites for hydroxylation is 1. The van der Waals surface area contributed by atoms with Crippen LogP contribution in [0.2, 0.25) is 10.0 Å². The van der Waals surface area contributed by atoms with Gasteiger partial charge in [-0.2, -0.15) is 5.10 Å². The highest BCUT2D eigenvalue weighted by molar-refractivity contribution is 6.38. The Kier molecular flexibility index (Phi) is 5.78. The summed E-state index contributed by atoms with van der Waals surface area (Å²) in [7, 11) is 0. The summed E-state index contributed by atoms with van der Waals surface area (Å²) in [6.45, 7) is 0. The fourth-order valence-corrected chi connectivity index (χ4v) is 2.26. The van der Waals surface area contributed by atoms with Crippen LogP contribution in [0.5, 0.6) is 0 Å². The maximum Gasteiger partial charge on any atom is 0.240 e. The van der Waals surface area contributed by atoms with E-state index in [1.165, 1.54) is 6.21 Å². The van der Waals surface area contributed by atoms with Gasteiger partial charge < -0.3 is 0 Å². The molecule has 0 saturated carbocycles. The van der Waals surface area contributed by atoms with Crippen molar-refractivity contribution in [3.05, 3.63) is 69.7 Å². The number of carbonyl (C=O) groups excluding carboxylic acids is 1. The van der Waals surface area contributed by atoms with E-state index < -0.39 is 0 Å². The number of hydrogen-bond acceptors (Lipinski definition) is 2. The molecule has 0 aromatic heterocycles. The minimum atomic E-state index is -0.154. The Bertz CT molecular complexity index is 622. The van der Waals surface area contributed by atoms with Gasteiger partial charge in [0, 0.05) is 12.0 Å². The fourth-order valence-electron chi connectivity index (χ4n) is 1.76. The van der Waals surface area contributed by atoms with Gasteiger partial charge in [0.15, 0.2) is 0 Å². The second kappa shape index (κ2) is 7.81. The molecule has 1 N–H and O–H groups in total. The zero-order valence-corrected chi connectivity index (χ0v) is 12.7. The number of nitrogens with one attached hydrogen (secondary N) is 1. The Balaban J connectivity index is 1.85. The fraction of sp³-hybridized carbons (Fsp3) is 0.125. The number of hydrazone groups is 1. The van der Waals surface area contributed by atoms with E-state index in [0.29, 0.717) is 28.5 Å². The molecule has 0 aliphatic carbocycles. The zero-order chi connectivity index (χ0) is 15.1. The van der Waals surface area contributed by atoms with Crippen molar-refractivity contribution >= 4 is 35.3 Å². The molecule has 0 bridgehead atoms. The molecule has 0 aliphatic rings. The molecule has 2 aromatic carbocycles. The summed E-state index contributed by atoms with van der Waals surface area (Å²) >= 11 is 12.0. The van der Waals surface area contributed by atoms with Crippen molar-refractivity contribution < 1.29 is 4.79 Å². The summed E-state index contributed by atoms with van der Waals surface area (Å²) in [6, 6.07) is 15.0. The van der Waals surface area contributed by atoms with Crippen LogP contribution in [-0.2, 0) is 11.2 Å². The molecule has 0 radical (unpaired) electrons. The maximum absolute atomic E-state index is 11.7. The van der Waals surface area contributed by atoms with Gasteiger partial charge in [0.2, 0.25) is 5.91 Å². The van der Waals surface area contributed by atoms with Crippen LogP contribution in [0.15, 0.2) is 53.6 Å². The third-order valence-corrected chi connectivity index (χ3v) is 3.53. The Morgan fingerprint density at radius 1 is 1.05 bits per heavy atom. The number of rotatable bonds is 5. The molecular formula is C16H14Cl2N2O. The van der Waals surface area contributed by atoms with Gasteiger partial charge in [-0.25, -0.2) is 5.43 Å². The van der Waals surface area contributed by atoms with Crippen molar-refractivity contribution in [2.24, 2.45) is 5.10 Å². The molecular weight excluding hydrogens is 307 g/mol. The quantitative estimate of drug-likeness (QED) is 0.654. The molecule has 3 nitrogen and oxygen atoms in total. The second-order valence-electron chi connectivity index (χ2n) is 4.41. The summed E-state index contributed by atoms with van der Waals surface area (Å²) in [4.78, 5) is 11.7. The molecule has 21 heavy (non-hydrogen) atoms. The van der Waals surface area contributed by atoms with E-state index in [4.69, 9.17) is 23.2 Å². The van der Waals surface area contributed by atoms with E-state index in [9.17, 15) is 4.79 Å². The summed E-state index contributed by atoms with van der Waals surface area (Å²) in [6.07, 6.45) is 2.50. The Morgan fingerprint density at radius 2 is 1.71 bits per heavy atom. The Hall–Kier alpha value is -1.84. The first-order valence-corrected chi connectivity index (χ1v) is 7.22. The van der Waals surface area contributed by atoms with Crippen molar-refractivity contribution in [1.82, 2.24) is 5.43 Å². The van der Waals surface area contributed by atoms with Gasteiger partial charge in [-0.3, -0.25) is 4.79 Å². The first kappa shape index (κ1) is 15.5. The van der Waals surface area contributed by atoms with Gasteiger partial charge in [-0.15, -0.1) is 0 Å². The number of hydrogen-bond donors (Lipinski definition) is 1. The monoisotopic (exact) mass is 320 g/mol. The molecule has 2 rings (SSSR count). The molecule has 0 aliphatic heterocycles. The third-order valence-electron chi connectivity index (χ3n) is 2.87. The molecule has 0 heterocycles. The van der Waals surface area contributed by atoms with Crippen molar-refractivity contribution in [3.8, 4) is 0 Å². The molecule has 1 amide bonds. The minimum Gasteiger partial charge on any atom is -0.273 e. The van der Waals surface area contributed by atoms with Gasteiger partial charge in [0.25, 0.3) is 0 Å². The number of amides is 1. The van der Waals surface area contributed by atoms with Crippen LogP contribution in [0.1, 0.15) is 17.5 Å². The van der Waals surface area contributed by atoms with Crippen molar-refractivity contribution in [2.75, 3.05) is 0 Å². The van der Waals surface area contributed by atoms with Crippen LogP contribution in [0.25, 0.3) is 0 Å². The van der Waals surface area contributed by atoms with E-state index in [-0.39, 0.29) is 5.91 Å². The molecule has 2 aromatic rings. The highest BCUT2D eigenvalue weighted by Gasteiger charge is 2.03. The third kappa shape index (κ3) is 4.88. The van der Waals surface area contributed by atoms with E-state index >= 15 is 0 Å². The summed E-state index contributed by atoms with van der Waals surface area (Å²) in [5, 5.41) is 4.86. The summed E-state index contributed by atoms with van der Waals surface area (Å²) in [5.41, 5.74) is 4.17. The first-order chi connectivity index (χ1) is 10.2. The van der Waals surface area contributed by atoms with Gasteiger partial charge in [0.1, 0.15) is 0 Å². The van der Waals surface area contributed by atoms with Crippen LogP contribution < -0.4 is 5.43 Å². The predicted octanol–water partition coefficient (Wildman–Crippen LogP) is 4.08. The van der Waals surface area contributed by atoms with Gasteiger partial charge >= 0.3 is 0 Å². The topological polar surface area (TPSA) is 41.5 Å². The molecule has 0 saturated heterocycles. The largest absolute Gasteiger partial charge is 0.273 e. The molecule has 0 fully saturated rings. The normalized spacial score (nSPS) is 10.8. The van der Waals surface area contributed by atoms with Gasteiger partial charge in [0.05, 0.1) is 16.3 Å². The standard InChI is InChI=1S/C16H14Cl2N2O/c17-14-7-4-8-15(18)13(14)11-19-20-16(21)10-9-12-5-2-1-3-6-12/h1-8,11H,9-10H2,(H,20,21)/b19-11-. The molecule has 0 unspecified atom stereocenters. The lowest BCUT2D eigenvalue weighted by molar-refractivity contribution is -0.121. The van der Waals surface area contributed by atoms with Crippen LogP contribution in [-0.4, -0.2) is 12.1 Å². The van der Waals surface area contributed by atoms with Crippen molar-refractivity contribution in [3.63, 3.8) is 0 Å². The first-order valence-electron chi connectivity index (χ1n) is 6.46. The SMILES string of the molecule is O=C(CCc1ccccc1)N/N=C\c1c(Cl)cccc1Cl. The predicted molar refractivity (Wildman–Crippen MR) is 87.0 cm³/mol. The van der Waals surface area contributed by atoms with E-state index in [1.807, 2.05) is 30.3 Å². The van der Waals surface area contributed by atoms with Gasteiger partial charge in [-0.1, -0.05) is 59.6 Å². The lowest BCUT2D eigenvalue weighted by Gasteiger charge is -2.02. The maximum atomic E-state index is 11.7. The smallest absolute Gasteiger partial charge is 0.240 e. The molecule has 0 atom stereocenters. The molecule has 108 valence electrons. The van der Waals surface area contributed by atoms with E-state index in [2.05, 4.69) is 10.5 Å². The lowest BCUT2D eigenvalue weighted by atomic mass is 10.1. The molecule has 0 spiro atoms. The van der Waals surface area contributed by atoms with Crippen molar-refractivity contribution in [1.29, 1.82) is 0 Å². The lowest BCUT2D eigenvalue weighted by Crippen LogP contribution is -2.17. The second-order valence-corrected chi connectivity index (χ2v) is 5.23. The minimum absolute atomic E-state index is 0.154. The molecule has 5 heteroatoms. The number of nitrogens with zero attached hydrogens (tertiary/aromatic N) is 1. The van der Waals surface area contributed by atoms with Gasteiger partial charge in [-0.05, 0) is 24.1 Å². The zero-order valence-electron chi connectivity index (χ0n) is 11.2. The summed E-state index contributed by atoms with van der Waals surface area (Å²) in [5.74, 6) is -0.154. The number of halogens is 2. The van der Waals surface area contributed by atoms with Crippen LogP contribution in [0.4, 0.5) is 0 Å². The van der Waals surface area contributed by atoms with Crippen LogP contribution in [0.3, 0.4) is 0 Å². The average Bonchev–Trinajstić information content (AvgIpc) is 2.49. The van der Waals surface area contributed by atoms with E-state index in [1.54, 1.807) is 18.2 Å². The Labute approximate surface area is 133 Å². The van der Waals surface area contributed by atoms with Crippen LogP contribution in [0, 0.1) is 0 Å². The average molecular weight is 321 g/mol. The highest BCUT2D eigenvalue weighted by atomic mass is 35.5. The number of benzene rings is 2. The van der Waals surface area contributed by atoms with E-state index in [0.717, 1.165) is 5.56 Å². The summed E-state index contributed by atoms with van der Waals surface area (Å²) < 4.78 is 0.